The predicted octanol–water partition coefficient (Wildman–Crippen LogP) is 30.0. The van der Waals surface area contributed by atoms with Gasteiger partial charge in [-0.1, -0.05) is 221 Å². The molecule has 0 spiro atoms. The highest BCUT2D eigenvalue weighted by atomic mass is 31.2. The minimum absolute atomic E-state index is 0.209. The number of allylic oxidation sites excluding steroid dienone is 37. The minimum Gasteiger partial charge on any atom is -0.394 e. The average Bonchev–Trinajstić information content (AvgIpc) is 0.808. The first-order chi connectivity index (χ1) is 52.8. The van der Waals surface area contributed by atoms with Crippen LogP contribution in [0.15, 0.2) is 221 Å². The Morgan fingerprint density at radius 3 is 0.586 bits per heavy atom. The summed E-state index contributed by atoms with van der Waals surface area (Å²) in [6.45, 7) is 44.3. The molecule has 0 aromatic rings. The van der Waals surface area contributed by atoms with Crippen molar-refractivity contribution < 1.29 is 43.7 Å². The lowest BCUT2D eigenvalue weighted by Crippen LogP contribution is -2.58. The van der Waals surface area contributed by atoms with Crippen LogP contribution < -0.4 is 0 Å². The third-order valence-corrected chi connectivity index (χ3v) is 22.3. The fraction of sp³-hybridized carbons (Fsp3) is 0.624. The normalized spacial score (nSPS) is 19.6. The van der Waals surface area contributed by atoms with Gasteiger partial charge in [0.15, 0.2) is 6.29 Å². The fourth-order valence-corrected chi connectivity index (χ4v) is 14.1. The van der Waals surface area contributed by atoms with Gasteiger partial charge < -0.3 is 30.1 Å². The molecule has 1 saturated heterocycles. The lowest BCUT2D eigenvalue weighted by Gasteiger charge is -2.39. The van der Waals surface area contributed by atoms with Crippen molar-refractivity contribution in [1.82, 2.24) is 0 Å². The van der Waals surface area contributed by atoms with Crippen molar-refractivity contribution in [3.63, 3.8) is 0 Å². The molecular formula is C101H165O9P. The maximum Gasteiger partial charge on any atom is 0.474 e. The van der Waals surface area contributed by atoms with E-state index in [0.29, 0.717) is 0 Å². The summed E-state index contributed by atoms with van der Waals surface area (Å²) in [5.41, 5.74) is 27.8. The van der Waals surface area contributed by atoms with E-state index in [0.717, 1.165) is 211 Å². The van der Waals surface area contributed by atoms with Gasteiger partial charge in [-0.15, -0.1) is 0 Å². The number of aliphatic hydroxyl groups is 4. The Morgan fingerprint density at radius 1 is 0.261 bits per heavy atom. The summed E-state index contributed by atoms with van der Waals surface area (Å²) >= 11 is 0. The first-order valence-electron chi connectivity index (χ1n) is 43.2. The Bertz CT molecular complexity index is 3310. The standard InChI is InChI=1S/C101H165O9P/c1-78(2)39-21-40-79(3)41-22-42-80(4)43-23-44-81(5)45-24-46-82(6)47-25-48-83(7)49-26-50-84(8)51-27-52-85(9)53-28-54-86(10)55-29-56-87(11)57-30-58-88(12)59-31-60-89(13)61-32-62-90(14)63-33-64-91(15)65-34-66-92(16)67-35-68-93(17)69-36-70-94(18)71-37-72-95(19)73-38-74-96(20)75-76-108-111(106,107)110-101-100(105)99(104)98(103)97(77-102)109-101/h39,41,43,45,47,49,51,53,55,57,59,61,63,65,67,69,71,73,75,97-105H,21-38,40,42,44,46,48,50,52,54,56,58,60,62,64,66,68,70,72,74,76-77H2,1-20H3,(H,106,107)/b79-41+,80-43+,81-45+,82-47+,83-49+,84-51+,85-53+,86-55+,87-57+,88-59+,89-61+,90-63+,91-65+,92-67+,93-69+,94-71+,95-73+,96-75+/t97-,98-,99+,100+,101+/m1/s1. The van der Waals surface area contributed by atoms with Gasteiger partial charge in [-0.05, 0) is 370 Å². The zero-order valence-corrected chi connectivity index (χ0v) is 75.4. The second-order valence-electron chi connectivity index (χ2n) is 33.5. The van der Waals surface area contributed by atoms with Gasteiger partial charge in [0, 0.05) is 0 Å². The Hall–Kier alpha value is -5.03. The van der Waals surface area contributed by atoms with Crippen molar-refractivity contribution in [3.05, 3.63) is 221 Å². The second kappa shape index (κ2) is 64.2. The van der Waals surface area contributed by atoms with Crippen molar-refractivity contribution in [2.75, 3.05) is 13.2 Å². The average molecular weight is 1550 g/mol. The lowest BCUT2D eigenvalue weighted by molar-refractivity contribution is -0.281. The maximum atomic E-state index is 12.5. The van der Waals surface area contributed by atoms with Crippen LogP contribution in [0.25, 0.3) is 0 Å². The van der Waals surface area contributed by atoms with E-state index in [1.165, 1.54) is 126 Å². The molecule has 6 atom stereocenters. The number of phosphoric ester groups is 1. The first kappa shape index (κ1) is 104. The number of ether oxygens (including phenoxy) is 1. The molecule has 1 aliphatic rings. The first-order valence-corrected chi connectivity index (χ1v) is 44.7. The van der Waals surface area contributed by atoms with Gasteiger partial charge >= 0.3 is 7.82 Å². The molecule has 0 aliphatic carbocycles. The highest BCUT2D eigenvalue weighted by molar-refractivity contribution is 7.47. The third-order valence-electron chi connectivity index (χ3n) is 21.4. The van der Waals surface area contributed by atoms with Crippen molar-refractivity contribution in [3.8, 4) is 0 Å². The molecule has 0 bridgehead atoms. The largest absolute Gasteiger partial charge is 0.474 e. The summed E-state index contributed by atoms with van der Waals surface area (Å²) in [5.74, 6) is 0. The van der Waals surface area contributed by atoms with Gasteiger partial charge in [0.1, 0.15) is 24.4 Å². The number of rotatable bonds is 60. The van der Waals surface area contributed by atoms with Crippen LogP contribution in [0.5, 0.6) is 0 Å². The zero-order valence-electron chi connectivity index (χ0n) is 74.5. The molecule has 628 valence electrons. The number of hydrogen-bond acceptors (Lipinski definition) is 8. The number of hydrogen-bond donors (Lipinski definition) is 5. The summed E-state index contributed by atoms with van der Waals surface area (Å²) in [5, 5.41) is 39.3. The van der Waals surface area contributed by atoms with Gasteiger partial charge in [0.05, 0.1) is 13.2 Å². The van der Waals surface area contributed by atoms with E-state index in [4.69, 9.17) is 13.8 Å². The molecule has 5 N–H and O–H groups in total. The van der Waals surface area contributed by atoms with E-state index in [-0.39, 0.29) is 6.61 Å². The summed E-state index contributed by atoms with van der Waals surface area (Å²) in [6, 6.07) is 0. The highest BCUT2D eigenvalue weighted by Crippen LogP contribution is 2.46. The molecule has 0 radical (unpaired) electrons. The third kappa shape index (κ3) is 59.3. The van der Waals surface area contributed by atoms with Crippen molar-refractivity contribution >= 4 is 7.82 Å². The highest BCUT2D eigenvalue weighted by Gasteiger charge is 2.46. The zero-order chi connectivity index (χ0) is 82.8. The van der Waals surface area contributed by atoms with E-state index < -0.39 is 45.1 Å². The molecule has 1 heterocycles. The SMILES string of the molecule is CC(C)=CCC/C(C)=C/CC/C(C)=C/CC/C(C)=C/CC/C(C)=C/CC/C(C)=C/CC/C(C)=C/CC/C(C)=C/CC/C(C)=C/CC/C(C)=C/CC/C(C)=C/CC/C(C)=C/CC/C(C)=C/CC/C(C)=C/CC/C(C)=C/CC/C(C)=C/CC/C(C)=C/CC/C(C)=C/CC/C(C)=C/COP(=O)(O)O[C@@H]1O[C@H](CO)[C@@H](O)[C@H](O)[C@@H]1O. The maximum absolute atomic E-state index is 12.5. The van der Waals surface area contributed by atoms with Crippen LogP contribution in [0.1, 0.15) is 370 Å². The van der Waals surface area contributed by atoms with Crippen LogP contribution in [0.3, 0.4) is 0 Å². The van der Waals surface area contributed by atoms with Crippen molar-refractivity contribution in [1.29, 1.82) is 0 Å². The summed E-state index contributed by atoms with van der Waals surface area (Å²) in [4.78, 5) is 10.1. The van der Waals surface area contributed by atoms with E-state index in [9.17, 15) is 29.9 Å². The molecule has 1 unspecified atom stereocenters. The van der Waals surface area contributed by atoms with Crippen molar-refractivity contribution in [2.45, 2.75) is 400 Å². The number of aliphatic hydroxyl groups excluding tert-OH is 4. The Morgan fingerprint density at radius 2 is 0.423 bits per heavy atom. The lowest BCUT2D eigenvalue weighted by atomic mass is 10.00. The van der Waals surface area contributed by atoms with Gasteiger partial charge in [-0.25, -0.2) is 4.57 Å². The van der Waals surface area contributed by atoms with Gasteiger partial charge in [0.25, 0.3) is 0 Å². The van der Waals surface area contributed by atoms with Crippen LogP contribution in [0.2, 0.25) is 0 Å². The summed E-state index contributed by atoms with van der Waals surface area (Å²) in [7, 11) is -4.68. The summed E-state index contributed by atoms with van der Waals surface area (Å²) < 4.78 is 27.5. The molecule has 1 rings (SSSR count). The monoisotopic (exact) mass is 1550 g/mol. The van der Waals surface area contributed by atoms with E-state index in [1.807, 2.05) is 6.92 Å². The number of phosphoric acid groups is 1. The van der Waals surface area contributed by atoms with Crippen LogP contribution in [-0.2, 0) is 18.3 Å². The molecule has 10 heteroatoms. The van der Waals surface area contributed by atoms with E-state index in [2.05, 4.69) is 241 Å². The summed E-state index contributed by atoms with van der Waals surface area (Å²) in [6.07, 6.45) is 77.4. The van der Waals surface area contributed by atoms with Crippen LogP contribution in [-0.4, -0.2) is 69.2 Å². The molecule has 0 amide bonds. The van der Waals surface area contributed by atoms with E-state index in [1.54, 1.807) is 6.08 Å². The molecule has 0 saturated carbocycles. The Balaban J connectivity index is 2.24. The molecule has 0 aromatic carbocycles. The molecular weight excluding hydrogens is 1390 g/mol. The van der Waals surface area contributed by atoms with Gasteiger partial charge in [-0.2, -0.15) is 0 Å². The molecule has 1 aliphatic heterocycles. The topological polar surface area (TPSA) is 146 Å². The fourth-order valence-electron chi connectivity index (χ4n) is 13.3. The molecule has 1 fully saturated rings. The molecule has 9 nitrogen and oxygen atoms in total. The van der Waals surface area contributed by atoms with Crippen LogP contribution in [0.4, 0.5) is 0 Å². The minimum atomic E-state index is -4.68. The second-order valence-corrected chi connectivity index (χ2v) is 34.9. The molecule has 0 aromatic heterocycles. The smallest absolute Gasteiger partial charge is 0.394 e. The van der Waals surface area contributed by atoms with Crippen LogP contribution in [0, 0.1) is 0 Å². The van der Waals surface area contributed by atoms with Gasteiger partial charge in [0.2, 0.25) is 0 Å². The molecule has 111 heavy (non-hydrogen) atoms. The predicted molar refractivity (Wildman–Crippen MR) is 484 cm³/mol. The van der Waals surface area contributed by atoms with Gasteiger partial charge in [-0.3, -0.25) is 9.05 Å². The van der Waals surface area contributed by atoms with Crippen LogP contribution >= 0.6 is 7.82 Å². The van der Waals surface area contributed by atoms with E-state index >= 15 is 0 Å². The van der Waals surface area contributed by atoms with Crippen molar-refractivity contribution in [2.24, 2.45) is 0 Å². The Labute approximate surface area is 682 Å². The quantitative estimate of drug-likeness (QED) is 0.0297. The Kier molecular flexibility index (Phi) is 60.1.